The van der Waals surface area contributed by atoms with Gasteiger partial charge in [0.25, 0.3) is 0 Å². The zero-order valence-electron chi connectivity index (χ0n) is 10.7. The maximum absolute atomic E-state index is 9.15. The Hall–Kier alpha value is -2.41. The second kappa shape index (κ2) is 4.84. The maximum Gasteiger partial charge on any atom is 0.148 e. The smallest absolute Gasteiger partial charge is 0.148 e. The van der Waals surface area contributed by atoms with Crippen molar-refractivity contribution in [1.29, 1.82) is 5.26 Å². The number of nitriles is 1. The van der Waals surface area contributed by atoms with Crippen molar-refractivity contribution in [3.05, 3.63) is 46.9 Å². The topological polar surface area (TPSA) is 61.6 Å². The van der Waals surface area contributed by atoms with Crippen LogP contribution in [0.25, 0.3) is 0 Å². The maximum atomic E-state index is 9.15. The average molecular weight is 238 g/mol. The largest absolute Gasteiger partial charge is 0.338 e. The van der Waals surface area contributed by atoms with Crippen molar-refractivity contribution >= 4 is 11.5 Å². The molecular formula is C14H14N4. The summed E-state index contributed by atoms with van der Waals surface area (Å²) in [5.74, 6) is 0.575. The third-order valence-corrected chi connectivity index (χ3v) is 2.75. The molecule has 0 unspecified atom stereocenters. The molecule has 0 aliphatic rings. The Morgan fingerprint density at radius 3 is 2.61 bits per heavy atom. The molecule has 2 rings (SSSR count). The van der Waals surface area contributed by atoms with E-state index < -0.39 is 0 Å². The van der Waals surface area contributed by atoms with Gasteiger partial charge in [-0.1, -0.05) is 0 Å². The van der Waals surface area contributed by atoms with Gasteiger partial charge in [-0.15, -0.1) is 0 Å². The standard InChI is InChI=1S/C14H14N4/c1-9-6-7-16-14(12(9)8-15)18-13-5-4-10(2)17-11(13)3/h4-7H,1-3H3,(H,16,18). The van der Waals surface area contributed by atoms with Gasteiger partial charge in [0.05, 0.1) is 16.9 Å². The summed E-state index contributed by atoms with van der Waals surface area (Å²) in [6.45, 7) is 5.77. The van der Waals surface area contributed by atoms with Gasteiger partial charge in [0.1, 0.15) is 11.9 Å². The van der Waals surface area contributed by atoms with Crippen molar-refractivity contribution in [3.8, 4) is 6.07 Å². The molecule has 0 radical (unpaired) electrons. The molecule has 4 nitrogen and oxygen atoms in total. The Balaban J connectivity index is 2.41. The highest BCUT2D eigenvalue weighted by Crippen LogP contribution is 2.22. The predicted molar refractivity (Wildman–Crippen MR) is 70.7 cm³/mol. The monoisotopic (exact) mass is 238 g/mol. The summed E-state index contributed by atoms with van der Waals surface area (Å²) in [5.41, 5.74) is 4.21. The van der Waals surface area contributed by atoms with Gasteiger partial charge in [-0.25, -0.2) is 4.98 Å². The molecule has 90 valence electrons. The Bertz CT molecular complexity index is 626. The second-order valence-corrected chi connectivity index (χ2v) is 4.17. The van der Waals surface area contributed by atoms with Gasteiger partial charge in [-0.3, -0.25) is 4.98 Å². The van der Waals surface area contributed by atoms with E-state index in [-0.39, 0.29) is 0 Å². The lowest BCUT2D eigenvalue weighted by Gasteiger charge is -2.10. The molecule has 2 heterocycles. The van der Waals surface area contributed by atoms with Crippen LogP contribution in [-0.2, 0) is 0 Å². The molecule has 2 aromatic heterocycles. The summed E-state index contributed by atoms with van der Waals surface area (Å²) in [5, 5.41) is 12.3. The highest BCUT2D eigenvalue weighted by atomic mass is 15.0. The van der Waals surface area contributed by atoms with Gasteiger partial charge in [-0.05, 0) is 44.5 Å². The minimum Gasteiger partial charge on any atom is -0.338 e. The van der Waals surface area contributed by atoms with Crippen molar-refractivity contribution < 1.29 is 0 Å². The Morgan fingerprint density at radius 1 is 1.17 bits per heavy atom. The number of anilines is 2. The molecule has 2 aromatic rings. The second-order valence-electron chi connectivity index (χ2n) is 4.17. The lowest BCUT2D eigenvalue weighted by atomic mass is 10.1. The van der Waals surface area contributed by atoms with Crippen molar-refractivity contribution in [2.75, 3.05) is 5.32 Å². The van der Waals surface area contributed by atoms with Crippen LogP contribution in [0.1, 0.15) is 22.5 Å². The number of hydrogen-bond donors (Lipinski definition) is 1. The SMILES string of the molecule is Cc1ccc(Nc2nccc(C)c2C#N)c(C)n1. The first-order valence-electron chi connectivity index (χ1n) is 5.69. The average Bonchev–Trinajstić information content (AvgIpc) is 2.33. The van der Waals surface area contributed by atoms with E-state index in [1.807, 2.05) is 39.0 Å². The molecule has 0 atom stereocenters. The van der Waals surface area contributed by atoms with Crippen LogP contribution in [-0.4, -0.2) is 9.97 Å². The van der Waals surface area contributed by atoms with Crippen LogP contribution in [0.3, 0.4) is 0 Å². The van der Waals surface area contributed by atoms with E-state index in [2.05, 4.69) is 21.4 Å². The third kappa shape index (κ3) is 2.30. The van der Waals surface area contributed by atoms with E-state index >= 15 is 0 Å². The summed E-state index contributed by atoms with van der Waals surface area (Å²) in [6.07, 6.45) is 1.69. The first kappa shape index (κ1) is 12.1. The molecule has 0 spiro atoms. The van der Waals surface area contributed by atoms with E-state index in [4.69, 9.17) is 5.26 Å². The summed E-state index contributed by atoms with van der Waals surface area (Å²) in [7, 11) is 0. The predicted octanol–water partition coefficient (Wildman–Crippen LogP) is 3.02. The van der Waals surface area contributed by atoms with E-state index in [0.717, 1.165) is 22.6 Å². The number of aromatic nitrogens is 2. The van der Waals surface area contributed by atoms with Gasteiger partial charge in [-0.2, -0.15) is 5.26 Å². The molecule has 0 aliphatic heterocycles. The van der Waals surface area contributed by atoms with E-state index in [0.29, 0.717) is 11.4 Å². The van der Waals surface area contributed by atoms with Crippen LogP contribution in [0.15, 0.2) is 24.4 Å². The molecule has 18 heavy (non-hydrogen) atoms. The number of nitrogens with zero attached hydrogens (tertiary/aromatic N) is 3. The van der Waals surface area contributed by atoms with Crippen molar-refractivity contribution in [2.24, 2.45) is 0 Å². The first-order valence-corrected chi connectivity index (χ1v) is 5.69. The summed E-state index contributed by atoms with van der Waals surface area (Å²) in [6, 6.07) is 7.87. The zero-order chi connectivity index (χ0) is 13.1. The lowest BCUT2D eigenvalue weighted by molar-refractivity contribution is 1.12. The summed E-state index contributed by atoms with van der Waals surface area (Å²) >= 11 is 0. The summed E-state index contributed by atoms with van der Waals surface area (Å²) < 4.78 is 0. The number of aryl methyl sites for hydroxylation is 3. The van der Waals surface area contributed by atoms with Gasteiger partial charge in [0.2, 0.25) is 0 Å². The van der Waals surface area contributed by atoms with Crippen LogP contribution >= 0.6 is 0 Å². The minimum atomic E-state index is 0.567. The highest BCUT2D eigenvalue weighted by molar-refractivity contribution is 5.65. The molecule has 0 saturated carbocycles. The van der Waals surface area contributed by atoms with Gasteiger partial charge in [0.15, 0.2) is 0 Å². The van der Waals surface area contributed by atoms with Crippen LogP contribution in [0, 0.1) is 32.1 Å². The third-order valence-electron chi connectivity index (χ3n) is 2.75. The zero-order valence-corrected chi connectivity index (χ0v) is 10.7. The van der Waals surface area contributed by atoms with E-state index in [1.165, 1.54) is 0 Å². The fourth-order valence-corrected chi connectivity index (χ4v) is 1.74. The van der Waals surface area contributed by atoms with Crippen LogP contribution in [0.5, 0.6) is 0 Å². The summed E-state index contributed by atoms with van der Waals surface area (Å²) in [4.78, 5) is 8.58. The first-order chi connectivity index (χ1) is 8.61. The lowest BCUT2D eigenvalue weighted by Crippen LogP contribution is -2.01. The number of hydrogen-bond acceptors (Lipinski definition) is 4. The van der Waals surface area contributed by atoms with E-state index in [1.54, 1.807) is 6.20 Å². The van der Waals surface area contributed by atoms with Gasteiger partial charge >= 0.3 is 0 Å². The van der Waals surface area contributed by atoms with Crippen LogP contribution < -0.4 is 5.32 Å². The number of nitrogens with one attached hydrogen (secondary N) is 1. The normalized spacial score (nSPS) is 9.89. The van der Waals surface area contributed by atoms with Crippen LogP contribution in [0.4, 0.5) is 11.5 Å². The van der Waals surface area contributed by atoms with Crippen LogP contribution in [0.2, 0.25) is 0 Å². The van der Waals surface area contributed by atoms with E-state index in [9.17, 15) is 0 Å². The highest BCUT2D eigenvalue weighted by Gasteiger charge is 2.08. The molecule has 0 amide bonds. The molecule has 0 aromatic carbocycles. The number of rotatable bonds is 2. The van der Waals surface area contributed by atoms with Gasteiger partial charge < -0.3 is 5.32 Å². The Morgan fingerprint density at radius 2 is 1.94 bits per heavy atom. The van der Waals surface area contributed by atoms with Gasteiger partial charge in [0, 0.05) is 11.9 Å². The molecule has 0 bridgehead atoms. The van der Waals surface area contributed by atoms with Crippen molar-refractivity contribution in [1.82, 2.24) is 9.97 Å². The Kier molecular flexibility index (Phi) is 3.24. The molecule has 1 N–H and O–H groups in total. The fourth-order valence-electron chi connectivity index (χ4n) is 1.74. The minimum absolute atomic E-state index is 0.567. The molecule has 4 heteroatoms. The van der Waals surface area contributed by atoms with Crippen molar-refractivity contribution in [3.63, 3.8) is 0 Å². The molecule has 0 saturated heterocycles. The Labute approximate surface area is 106 Å². The fraction of sp³-hybridized carbons (Fsp3) is 0.214. The quantitative estimate of drug-likeness (QED) is 0.873. The number of pyridine rings is 2. The molecular weight excluding hydrogens is 224 g/mol. The molecule has 0 fully saturated rings. The molecule has 0 aliphatic carbocycles. The van der Waals surface area contributed by atoms with Crippen molar-refractivity contribution in [2.45, 2.75) is 20.8 Å².